The highest BCUT2D eigenvalue weighted by atomic mass is 127. The number of hydrogen-bond donors (Lipinski definition) is 3. The Labute approximate surface area is 185 Å². The first-order chi connectivity index (χ1) is 13.0. The predicted octanol–water partition coefficient (Wildman–Crippen LogP) is 3.83. The summed E-state index contributed by atoms with van der Waals surface area (Å²) in [5.41, 5.74) is 8.27. The number of carbonyl (C=O) groups excluding carboxylic acids is 1. The lowest BCUT2D eigenvalue weighted by atomic mass is 9.76. The highest BCUT2D eigenvalue weighted by molar-refractivity contribution is 14.0. The number of aliphatic imine (C=N–C) groups is 1. The van der Waals surface area contributed by atoms with Crippen LogP contribution in [0, 0.1) is 0 Å². The second-order valence-corrected chi connectivity index (χ2v) is 6.69. The van der Waals surface area contributed by atoms with Gasteiger partial charge >= 0.3 is 0 Å². The monoisotopic (exact) mass is 494 g/mol. The Morgan fingerprint density at radius 2 is 1.61 bits per heavy atom. The maximum absolute atomic E-state index is 11.2. The fourth-order valence-electron chi connectivity index (χ4n) is 3.25. The number of guanidine groups is 1. The molecule has 1 amide bonds. The number of carbonyl (C=O) groups is 1. The Kier molecular flexibility index (Phi) is 9.99. The van der Waals surface area contributed by atoms with Crippen molar-refractivity contribution in [3.8, 4) is 0 Å². The molecule has 0 spiro atoms. The van der Waals surface area contributed by atoms with Gasteiger partial charge in [0.2, 0.25) is 5.91 Å². The zero-order valence-corrected chi connectivity index (χ0v) is 19.2. The maximum Gasteiger partial charge on any atom is 0.248 e. The van der Waals surface area contributed by atoms with Gasteiger partial charge in [-0.25, -0.2) is 0 Å². The van der Waals surface area contributed by atoms with E-state index in [-0.39, 0.29) is 29.4 Å². The largest absolute Gasteiger partial charge is 0.366 e. The van der Waals surface area contributed by atoms with Crippen molar-refractivity contribution < 1.29 is 4.79 Å². The Bertz CT molecular complexity index is 756. The molecule has 152 valence electrons. The molecule has 0 bridgehead atoms. The highest BCUT2D eigenvalue weighted by Crippen LogP contribution is 2.30. The first-order valence-corrected chi connectivity index (χ1v) is 9.43. The highest BCUT2D eigenvalue weighted by Gasteiger charge is 2.28. The fraction of sp³-hybridized carbons (Fsp3) is 0.364. The van der Waals surface area contributed by atoms with Crippen molar-refractivity contribution in [3.05, 3.63) is 71.3 Å². The van der Waals surface area contributed by atoms with Crippen molar-refractivity contribution in [1.82, 2.24) is 10.6 Å². The Hall–Kier alpha value is -2.09. The molecule has 0 saturated carbocycles. The Balaban J connectivity index is 0.00000392. The molecule has 0 saturated heterocycles. The van der Waals surface area contributed by atoms with Gasteiger partial charge in [0.05, 0.1) is 0 Å². The lowest BCUT2D eigenvalue weighted by molar-refractivity contribution is 0.100. The lowest BCUT2D eigenvalue weighted by Crippen LogP contribution is -2.45. The van der Waals surface area contributed by atoms with Gasteiger partial charge in [0.25, 0.3) is 0 Å². The van der Waals surface area contributed by atoms with Crippen LogP contribution in [0.25, 0.3) is 0 Å². The van der Waals surface area contributed by atoms with E-state index in [1.807, 2.05) is 12.1 Å². The minimum atomic E-state index is -0.414. The third kappa shape index (κ3) is 6.22. The molecule has 0 radical (unpaired) electrons. The lowest BCUT2D eigenvalue weighted by Gasteiger charge is -2.33. The summed E-state index contributed by atoms with van der Waals surface area (Å²) < 4.78 is 0. The number of nitrogens with two attached hydrogens (primary N) is 1. The molecule has 6 heteroatoms. The molecule has 2 rings (SSSR count). The van der Waals surface area contributed by atoms with E-state index < -0.39 is 5.91 Å². The standard InChI is InChI=1S/C22H30N4O.HI/c1-4-22(5-2,19-9-7-6-8-10-19)16-26-21(24-3)25-15-17-11-13-18(14-12-17)20(23)27;/h6-14H,4-5,15-16H2,1-3H3,(H2,23,27)(H2,24,25,26);1H. The summed E-state index contributed by atoms with van der Waals surface area (Å²) in [6.45, 7) is 5.89. The molecule has 0 fully saturated rings. The number of rotatable bonds is 8. The second-order valence-electron chi connectivity index (χ2n) is 6.69. The number of benzene rings is 2. The number of hydrogen-bond acceptors (Lipinski definition) is 2. The van der Waals surface area contributed by atoms with Crippen LogP contribution in [0.2, 0.25) is 0 Å². The third-order valence-electron chi connectivity index (χ3n) is 5.26. The van der Waals surface area contributed by atoms with Crippen LogP contribution in [0.15, 0.2) is 59.6 Å². The van der Waals surface area contributed by atoms with Gasteiger partial charge in [-0.2, -0.15) is 0 Å². The zero-order chi connectivity index (χ0) is 19.7. The van der Waals surface area contributed by atoms with Crippen molar-refractivity contribution in [1.29, 1.82) is 0 Å². The Morgan fingerprint density at radius 3 is 2.11 bits per heavy atom. The van der Waals surface area contributed by atoms with Gasteiger partial charge in [-0.05, 0) is 36.1 Å². The molecule has 2 aromatic rings. The first kappa shape index (κ1) is 23.9. The van der Waals surface area contributed by atoms with E-state index in [1.54, 1.807) is 19.2 Å². The number of amides is 1. The van der Waals surface area contributed by atoms with Crippen molar-refractivity contribution in [2.45, 2.75) is 38.6 Å². The molecule has 28 heavy (non-hydrogen) atoms. The van der Waals surface area contributed by atoms with E-state index in [0.717, 1.165) is 30.9 Å². The van der Waals surface area contributed by atoms with Crippen LogP contribution in [0.1, 0.15) is 48.2 Å². The summed E-state index contributed by atoms with van der Waals surface area (Å²) in [6.07, 6.45) is 2.10. The number of nitrogens with one attached hydrogen (secondary N) is 2. The van der Waals surface area contributed by atoms with Crippen LogP contribution >= 0.6 is 24.0 Å². The average molecular weight is 494 g/mol. The number of nitrogens with zero attached hydrogens (tertiary/aromatic N) is 1. The molecule has 0 aliphatic rings. The van der Waals surface area contributed by atoms with E-state index in [1.165, 1.54) is 5.56 Å². The van der Waals surface area contributed by atoms with Crippen LogP contribution in [-0.4, -0.2) is 25.5 Å². The average Bonchev–Trinajstić information content (AvgIpc) is 2.72. The number of primary amides is 1. The third-order valence-corrected chi connectivity index (χ3v) is 5.26. The SMILES string of the molecule is CCC(CC)(CNC(=NC)NCc1ccc(C(N)=O)cc1)c1ccccc1.I. The van der Waals surface area contributed by atoms with E-state index in [0.29, 0.717) is 12.1 Å². The van der Waals surface area contributed by atoms with Crippen LogP contribution in [0.4, 0.5) is 0 Å². The summed E-state index contributed by atoms with van der Waals surface area (Å²) >= 11 is 0. The summed E-state index contributed by atoms with van der Waals surface area (Å²) in [6, 6.07) is 17.9. The molecule has 4 N–H and O–H groups in total. The van der Waals surface area contributed by atoms with Gasteiger partial charge in [-0.1, -0.05) is 56.3 Å². The van der Waals surface area contributed by atoms with Gasteiger partial charge in [0, 0.05) is 31.1 Å². The van der Waals surface area contributed by atoms with E-state index in [2.05, 4.69) is 59.8 Å². The van der Waals surface area contributed by atoms with Crippen LogP contribution in [0.3, 0.4) is 0 Å². The first-order valence-electron chi connectivity index (χ1n) is 9.43. The van der Waals surface area contributed by atoms with Crippen molar-refractivity contribution >= 4 is 35.8 Å². The molecular formula is C22H31IN4O. The van der Waals surface area contributed by atoms with E-state index in [9.17, 15) is 4.79 Å². The minimum Gasteiger partial charge on any atom is -0.366 e. The Morgan fingerprint density at radius 1 is 1.00 bits per heavy atom. The summed E-state index contributed by atoms with van der Waals surface area (Å²) in [7, 11) is 1.77. The zero-order valence-electron chi connectivity index (χ0n) is 16.9. The van der Waals surface area contributed by atoms with Crippen LogP contribution < -0.4 is 16.4 Å². The molecule has 0 aromatic heterocycles. The van der Waals surface area contributed by atoms with Crippen LogP contribution in [0.5, 0.6) is 0 Å². The maximum atomic E-state index is 11.2. The summed E-state index contributed by atoms with van der Waals surface area (Å²) in [5.74, 6) is 0.347. The summed E-state index contributed by atoms with van der Waals surface area (Å²) in [4.78, 5) is 15.5. The van der Waals surface area contributed by atoms with Gasteiger partial charge in [0.15, 0.2) is 5.96 Å². The number of halogens is 1. The van der Waals surface area contributed by atoms with Gasteiger partial charge in [0.1, 0.15) is 0 Å². The molecule has 5 nitrogen and oxygen atoms in total. The molecule has 2 aromatic carbocycles. The van der Waals surface area contributed by atoms with Crippen molar-refractivity contribution in [2.24, 2.45) is 10.7 Å². The van der Waals surface area contributed by atoms with Crippen LogP contribution in [-0.2, 0) is 12.0 Å². The summed E-state index contributed by atoms with van der Waals surface area (Å²) in [5, 5.41) is 6.80. The van der Waals surface area contributed by atoms with E-state index in [4.69, 9.17) is 5.73 Å². The molecule has 0 aliphatic heterocycles. The quantitative estimate of drug-likeness (QED) is 0.297. The normalized spacial score (nSPS) is 11.5. The molecule has 0 atom stereocenters. The second kappa shape index (κ2) is 11.7. The molecule has 0 aliphatic carbocycles. The van der Waals surface area contributed by atoms with Gasteiger partial charge in [-0.3, -0.25) is 9.79 Å². The predicted molar refractivity (Wildman–Crippen MR) is 127 cm³/mol. The fourth-order valence-corrected chi connectivity index (χ4v) is 3.25. The minimum absolute atomic E-state index is 0. The van der Waals surface area contributed by atoms with Gasteiger partial charge in [-0.15, -0.1) is 24.0 Å². The molecular weight excluding hydrogens is 463 g/mol. The smallest absolute Gasteiger partial charge is 0.248 e. The van der Waals surface area contributed by atoms with E-state index >= 15 is 0 Å². The molecule has 0 heterocycles. The van der Waals surface area contributed by atoms with Gasteiger partial charge < -0.3 is 16.4 Å². The molecule has 0 unspecified atom stereocenters. The topological polar surface area (TPSA) is 79.5 Å². The van der Waals surface area contributed by atoms with Crippen molar-refractivity contribution in [3.63, 3.8) is 0 Å². The van der Waals surface area contributed by atoms with Crippen molar-refractivity contribution in [2.75, 3.05) is 13.6 Å².